The number of nitrogens with zero attached hydrogens (tertiary/aromatic N) is 3. The highest BCUT2D eigenvalue weighted by molar-refractivity contribution is 5.89. The largest absolute Gasteiger partial charge is 0.363 e. The topological polar surface area (TPSA) is 110 Å². The molecule has 3 rings (SSSR count). The molecule has 0 radical (unpaired) electrons. The lowest BCUT2D eigenvalue weighted by atomic mass is 10.0. The molecule has 1 aliphatic carbocycles. The lowest BCUT2D eigenvalue weighted by Gasteiger charge is -2.04. The van der Waals surface area contributed by atoms with E-state index in [-0.39, 0.29) is 5.82 Å². The van der Waals surface area contributed by atoms with Crippen LogP contribution in [0.5, 0.6) is 0 Å². The minimum absolute atomic E-state index is 0.0125. The number of primary amides is 1. The van der Waals surface area contributed by atoms with Gasteiger partial charge in [0.15, 0.2) is 5.82 Å². The van der Waals surface area contributed by atoms with Crippen molar-refractivity contribution in [1.82, 2.24) is 20.2 Å². The number of carbonyl (C=O) groups is 1. The first-order chi connectivity index (χ1) is 9.72. The second-order valence-corrected chi connectivity index (χ2v) is 4.94. The molecular formula is C13H16N6O. The van der Waals surface area contributed by atoms with E-state index in [1.165, 1.54) is 31.9 Å². The summed E-state index contributed by atoms with van der Waals surface area (Å²) in [5.74, 6) is 1.09. The summed E-state index contributed by atoms with van der Waals surface area (Å²) in [6, 6.07) is 3.65. The molecule has 0 aliphatic heterocycles. The Morgan fingerprint density at radius 3 is 2.90 bits per heavy atom. The summed E-state index contributed by atoms with van der Waals surface area (Å²) in [5.41, 5.74) is 6.30. The monoisotopic (exact) mass is 272 g/mol. The van der Waals surface area contributed by atoms with Crippen LogP contribution in [0.2, 0.25) is 0 Å². The summed E-state index contributed by atoms with van der Waals surface area (Å²) in [6.07, 6.45) is 6.46. The van der Waals surface area contributed by atoms with Crippen molar-refractivity contribution in [2.45, 2.75) is 31.6 Å². The van der Waals surface area contributed by atoms with E-state index in [1.54, 1.807) is 6.07 Å². The molecule has 104 valence electrons. The van der Waals surface area contributed by atoms with Gasteiger partial charge in [0.05, 0.1) is 0 Å². The van der Waals surface area contributed by atoms with Gasteiger partial charge in [-0.25, -0.2) is 9.97 Å². The molecule has 1 amide bonds. The SMILES string of the molecule is NC(=O)c1nccc(Nc2cc(C3CCCC3)[nH]n2)n1. The molecule has 4 N–H and O–H groups in total. The number of hydrogen-bond donors (Lipinski definition) is 3. The number of nitrogens with two attached hydrogens (primary N) is 1. The minimum atomic E-state index is -0.651. The Bertz CT molecular complexity index is 617. The highest BCUT2D eigenvalue weighted by Gasteiger charge is 2.19. The lowest BCUT2D eigenvalue weighted by Crippen LogP contribution is -2.15. The average Bonchev–Trinajstić information content (AvgIpc) is 3.09. The van der Waals surface area contributed by atoms with Gasteiger partial charge in [-0.3, -0.25) is 9.89 Å². The van der Waals surface area contributed by atoms with Crippen LogP contribution in [0.4, 0.5) is 11.6 Å². The molecule has 2 heterocycles. The zero-order valence-electron chi connectivity index (χ0n) is 11.0. The smallest absolute Gasteiger partial charge is 0.286 e. The van der Waals surface area contributed by atoms with Crippen LogP contribution in [0.1, 0.15) is 47.9 Å². The molecule has 20 heavy (non-hydrogen) atoms. The first kappa shape index (κ1) is 12.6. The maximum atomic E-state index is 11.0. The van der Waals surface area contributed by atoms with Crippen molar-refractivity contribution >= 4 is 17.5 Å². The van der Waals surface area contributed by atoms with E-state index in [1.807, 2.05) is 6.07 Å². The summed E-state index contributed by atoms with van der Waals surface area (Å²) >= 11 is 0. The number of aromatic nitrogens is 4. The van der Waals surface area contributed by atoms with Crippen LogP contribution in [0, 0.1) is 0 Å². The molecule has 1 saturated carbocycles. The van der Waals surface area contributed by atoms with E-state index in [9.17, 15) is 4.79 Å². The summed E-state index contributed by atoms with van der Waals surface area (Å²) in [5, 5.41) is 10.3. The van der Waals surface area contributed by atoms with Gasteiger partial charge >= 0.3 is 0 Å². The van der Waals surface area contributed by atoms with Gasteiger partial charge in [0.1, 0.15) is 5.82 Å². The fourth-order valence-corrected chi connectivity index (χ4v) is 2.52. The molecule has 2 aromatic heterocycles. The van der Waals surface area contributed by atoms with Crippen molar-refractivity contribution in [3.63, 3.8) is 0 Å². The molecule has 0 saturated heterocycles. The third-order valence-corrected chi connectivity index (χ3v) is 3.52. The number of carbonyl (C=O) groups excluding carboxylic acids is 1. The van der Waals surface area contributed by atoms with Crippen molar-refractivity contribution < 1.29 is 4.79 Å². The second-order valence-electron chi connectivity index (χ2n) is 4.94. The zero-order valence-corrected chi connectivity index (χ0v) is 11.0. The maximum absolute atomic E-state index is 11.0. The molecule has 0 unspecified atom stereocenters. The van der Waals surface area contributed by atoms with Gasteiger partial charge in [-0.2, -0.15) is 5.10 Å². The van der Waals surface area contributed by atoms with Gasteiger partial charge in [0.25, 0.3) is 5.91 Å². The molecule has 0 spiro atoms. The minimum Gasteiger partial charge on any atom is -0.363 e. The Morgan fingerprint density at radius 1 is 1.35 bits per heavy atom. The second kappa shape index (κ2) is 5.28. The van der Waals surface area contributed by atoms with E-state index in [4.69, 9.17) is 5.73 Å². The summed E-state index contributed by atoms with van der Waals surface area (Å²) in [4.78, 5) is 18.8. The normalized spacial score (nSPS) is 15.4. The molecule has 0 atom stereocenters. The number of anilines is 2. The van der Waals surface area contributed by atoms with Gasteiger partial charge in [0.2, 0.25) is 5.82 Å². The molecule has 2 aromatic rings. The number of nitrogens with one attached hydrogen (secondary N) is 2. The zero-order chi connectivity index (χ0) is 13.9. The Hall–Kier alpha value is -2.44. The molecule has 0 bridgehead atoms. The highest BCUT2D eigenvalue weighted by Crippen LogP contribution is 2.33. The number of amides is 1. The summed E-state index contributed by atoms with van der Waals surface area (Å²) < 4.78 is 0. The van der Waals surface area contributed by atoms with Gasteiger partial charge < -0.3 is 11.1 Å². The van der Waals surface area contributed by atoms with Crippen LogP contribution < -0.4 is 11.1 Å². The Kier molecular flexibility index (Phi) is 3.32. The summed E-state index contributed by atoms with van der Waals surface area (Å²) in [6.45, 7) is 0. The molecule has 7 heteroatoms. The van der Waals surface area contributed by atoms with E-state index >= 15 is 0 Å². The van der Waals surface area contributed by atoms with Crippen LogP contribution in [0.3, 0.4) is 0 Å². The predicted molar refractivity (Wildman–Crippen MR) is 73.6 cm³/mol. The predicted octanol–water partition coefficient (Wildman–Crippen LogP) is 1.70. The van der Waals surface area contributed by atoms with Gasteiger partial charge in [0, 0.05) is 23.9 Å². The van der Waals surface area contributed by atoms with Gasteiger partial charge in [-0.15, -0.1) is 0 Å². The quantitative estimate of drug-likeness (QED) is 0.784. The van der Waals surface area contributed by atoms with Crippen molar-refractivity contribution in [3.8, 4) is 0 Å². The summed E-state index contributed by atoms with van der Waals surface area (Å²) in [7, 11) is 0. The first-order valence-electron chi connectivity index (χ1n) is 6.67. The molecule has 7 nitrogen and oxygen atoms in total. The number of aromatic amines is 1. The van der Waals surface area contributed by atoms with E-state index in [0.29, 0.717) is 17.6 Å². The average molecular weight is 272 g/mol. The highest BCUT2D eigenvalue weighted by atomic mass is 16.1. The molecule has 1 aliphatic rings. The van der Waals surface area contributed by atoms with Crippen molar-refractivity contribution in [3.05, 3.63) is 29.8 Å². The van der Waals surface area contributed by atoms with Crippen molar-refractivity contribution in [1.29, 1.82) is 0 Å². The fourth-order valence-electron chi connectivity index (χ4n) is 2.52. The van der Waals surface area contributed by atoms with Crippen LogP contribution in [-0.2, 0) is 0 Å². The number of hydrogen-bond acceptors (Lipinski definition) is 5. The number of H-pyrrole nitrogens is 1. The van der Waals surface area contributed by atoms with E-state index < -0.39 is 5.91 Å². The van der Waals surface area contributed by atoms with Crippen LogP contribution >= 0.6 is 0 Å². The van der Waals surface area contributed by atoms with Crippen LogP contribution in [0.25, 0.3) is 0 Å². The third kappa shape index (κ3) is 2.61. The Labute approximate surface area is 116 Å². The van der Waals surface area contributed by atoms with Gasteiger partial charge in [-0.1, -0.05) is 12.8 Å². The van der Waals surface area contributed by atoms with Crippen molar-refractivity contribution in [2.75, 3.05) is 5.32 Å². The third-order valence-electron chi connectivity index (χ3n) is 3.52. The Morgan fingerprint density at radius 2 is 2.15 bits per heavy atom. The van der Waals surface area contributed by atoms with Gasteiger partial charge in [-0.05, 0) is 18.9 Å². The maximum Gasteiger partial charge on any atom is 0.286 e. The van der Waals surface area contributed by atoms with Crippen LogP contribution in [0.15, 0.2) is 18.3 Å². The molecule has 1 fully saturated rings. The Balaban J connectivity index is 1.74. The fraction of sp³-hybridized carbons (Fsp3) is 0.385. The standard InChI is InChI=1S/C13H16N6O/c14-12(20)13-15-6-5-10(17-13)16-11-7-9(18-19-11)8-3-1-2-4-8/h5-8H,1-4H2,(H2,14,20)(H2,15,16,17,18,19). The van der Waals surface area contributed by atoms with E-state index in [0.717, 1.165) is 5.69 Å². The molecule has 0 aromatic carbocycles. The number of rotatable bonds is 4. The van der Waals surface area contributed by atoms with E-state index in [2.05, 4.69) is 25.5 Å². The lowest BCUT2D eigenvalue weighted by molar-refractivity contribution is 0.0990. The molecular weight excluding hydrogens is 256 g/mol. The first-order valence-corrected chi connectivity index (χ1v) is 6.67. The van der Waals surface area contributed by atoms with Crippen molar-refractivity contribution in [2.24, 2.45) is 5.73 Å². The van der Waals surface area contributed by atoms with Crippen LogP contribution in [-0.4, -0.2) is 26.1 Å².